The van der Waals surface area contributed by atoms with Gasteiger partial charge >= 0.3 is 18.2 Å². The van der Waals surface area contributed by atoms with Gasteiger partial charge in [-0.2, -0.15) is 0 Å². The molecule has 4 N–H and O–H groups in total. The molecule has 0 spiro atoms. The molecule has 1 aromatic rings. The highest BCUT2D eigenvalue weighted by molar-refractivity contribution is 5.93. The molecule has 4 rings (SSSR count). The third kappa shape index (κ3) is 11.3. The van der Waals surface area contributed by atoms with Crippen molar-refractivity contribution in [1.82, 2.24) is 25.4 Å². The second-order valence-corrected chi connectivity index (χ2v) is 12.4. The zero-order valence-electron chi connectivity index (χ0n) is 27.8. The van der Waals surface area contributed by atoms with Gasteiger partial charge in [-0.05, 0) is 70.4 Å². The number of amides is 4. The predicted molar refractivity (Wildman–Crippen MR) is 172 cm³/mol. The lowest BCUT2D eigenvalue weighted by atomic mass is 9.83. The van der Waals surface area contributed by atoms with E-state index in [1.54, 1.807) is 27.0 Å². The summed E-state index contributed by atoms with van der Waals surface area (Å²) in [4.78, 5) is 67.8. The van der Waals surface area contributed by atoms with Crippen molar-refractivity contribution in [2.24, 2.45) is 5.92 Å². The van der Waals surface area contributed by atoms with Crippen LogP contribution >= 0.6 is 0 Å². The Morgan fingerprint density at radius 2 is 1.72 bits per heavy atom. The van der Waals surface area contributed by atoms with E-state index in [2.05, 4.69) is 22.2 Å². The topological polar surface area (TPSA) is 178 Å². The number of alkyl carbamates (subject to hydrolysis) is 1. The highest BCUT2D eigenvalue weighted by atomic mass is 16.6. The maximum absolute atomic E-state index is 13.5. The number of carboxylic acid groups (broad SMARTS) is 2. The van der Waals surface area contributed by atoms with Gasteiger partial charge in [0.25, 0.3) is 0 Å². The Hall–Kier alpha value is -4.16. The fourth-order valence-electron chi connectivity index (χ4n) is 5.76. The molecule has 0 radical (unpaired) electrons. The van der Waals surface area contributed by atoms with Crippen molar-refractivity contribution in [1.29, 1.82) is 0 Å². The Bertz CT molecular complexity index is 1190. The molecule has 2 fully saturated rings. The minimum Gasteiger partial charge on any atom is -0.480 e. The van der Waals surface area contributed by atoms with Gasteiger partial charge in [0.2, 0.25) is 11.8 Å². The van der Waals surface area contributed by atoms with Crippen LogP contribution in [0.4, 0.5) is 9.59 Å². The Morgan fingerprint density at radius 1 is 1.04 bits per heavy atom. The molecular formula is C33H51N5O8. The van der Waals surface area contributed by atoms with Crippen molar-refractivity contribution < 1.29 is 38.9 Å². The average molecular weight is 646 g/mol. The van der Waals surface area contributed by atoms with Crippen molar-refractivity contribution in [3.8, 4) is 0 Å². The second-order valence-electron chi connectivity index (χ2n) is 12.4. The molecule has 3 aliphatic rings. The minimum absolute atomic E-state index is 0.0272. The van der Waals surface area contributed by atoms with Crippen LogP contribution in [-0.2, 0) is 32.2 Å². The Balaban J connectivity index is 0.000000433. The first-order valence-electron chi connectivity index (χ1n) is 16.2. The number of carbonyl (C=O) groups excluding carboxylic acids is 3. The number of nitrogens with zero attached hydrogens (tertiary/aromatic N) is 3. The standard InChI is InChI=1S/C23H37N3O6.C8H8N2O2.C2H6/c1-5-10-16(21(29)30)24-19(27)17-13-9-14-26(17)20(28)18(15-11-7-6-8-12-15)25-22(31)32-23(2,3)4;11-8(12)10-4-6-2-1-3-9-7(6)5-10;1-2/h5,15-18H,1,6-14H2,2-4H3,(H,24,27)(H,25,31)(H,29,30);1-3H,4-5H2,(H,11,12);1-2H3. The van der Waals surface area contributed by atoms with Crippen LogP contribution in [0, 0.1) is 5.92 Å². The molecule has 0 bridgehead atoms. The number of hydrogen-bond donors (Lipinski definition) is 4. The molecule has 1 aliphatic carbocycles. The summed E-state index contributed by atoms with van der Waals surface area (Å²) in [5.41, 5.74) is 1.19. The van der Waals surface area contributed by atoms with E-state index in [-0.39, 0.29) is 18.2 Å². The normalized spacial score (nSPS) is 18.8. The molecule has 256 valence electrons. The molecule has 3 unspecified atom stereocenters. The molecule has 1 aromatic heterocycles. The third-order valence-electron chi connectivity index (χ3n) is 7.87. The Kier molecular flexibility index (Phi) is 15.0. The second kappa shape index (κ2) is 18.1. The van der Waals surface area contributed by atoms with Crippen molar-refractivity contribution in [2.75, 3.05) is 6.54 Å². The maximum atomic E-state index is 13.5. The summed E-state index contributed by atoms with van der Waals surface area (Å²) in [6, 6.07) is 1.10. The molecule has 0 aromatic carbocycles. The number of likely N-dealkylation sites (tertiary alicyclic amines) is 1. The van der Waals surface area contributed by atoms with E-state index in [1.165, 1.54) is 15.9 Å². The molecule has 13 heteroatoms. The molecule has 2 aliphatic heterocycles. The van der Waals surface area contributed by atoms with E-state index in [1.807, 2.05) is 26.0 Å². The number of hydrogen-bond acceptors (Lipinski definition) is 7. The quantitative estimate of drug-likeness (QED) is 0.292. The van der Waals surface area contributed by atoms with Crippen LogP contribution < -0.4 is 10.6 Å². The summed E-state index contributed by atoms with van der Waals surface area (Å²) in [6.07, 6.45) is 7.44. The number of pyridine rings is 1. The molecule has 46 heavy (non-hydrogen) atoms. The lowest BCUT2D eigenvalue weighted by molar-refractivity contribution is -0.144. The van der Waals surface area contributed by atoms with E-state index in [4.69, 9.17) is 9.84 Å². The molecular weight excluding hydrogens is 594 g/mol. The Labute approximate surface area is 271 Å². The van der Waals surface area contributed by atoms with E-state index in [0.717, 1.165) is 43.4 Å². The molecule has 13 nitrogen and oxygen atoms in total. The van der Waals surface area contributed by atoms with E-state index in [9.17, 15) is 29.1 Å². The van der Waals surface area contributed by atoms with Gasteiger partial charge in [0.1, 0.15) is 23.7 Å². The minimum atomic E-state index is -1.15. The number of carbonyl (C=O) groups is 5. The van der Waals surface area contributed by atoms with E-state index < -0.39 is 47.8 Å². The van der Waals surface area contributed by atoms with Crippen LogP contribution in [0.15, 0.2) is 31.0 Å². The van der Waals surface area contributed by atoms with Crippen LogP contribution in [0.2, 0.25) is 0 Å². The highest BCUT2D eigenvalue weighted by Gasteiger charge is 2.41. The van der Waals surface area contributed by atoms with E-state index in [0.29, 0.717) is 32.5 Å². The zero-order chi connectivity index (χ0) is 34.4. The largest absolute Gasteiger partial charge is 0.480 e. The average Bonchev–Trinajstić information content (AvgIpc) is 3.68. The maximum Gasteiger partial charge on any atom is 0.408 e. The monoisotopic (exact) mass is 645 g/mol. The number of carboxylic acids is 1. The summed E-state index contributed by atoms with van der Waals surface area (Å²) in [7, 11) is 0. The van der Waals surface area contributed by atoms with Crippen LogP contribution in [0.5, 0.6) is 0 Å². The zero-order valence-corrected chi connectivity index (χ0v) is 27.8. The van der Waals surface area contributed by atoms with Crippen molar-refractivity contribution in [3.05, 3.63) is 42.2 Å². The summed E-state index contributed by atoms with van der Waals surface area (Å²) in [5, 5.41) is 23.3. The van der Waals surface area contributed by atoms with Gasteiger partial charge in [-0.25, -0.2) is 14.4 Å². The summed E-state index contributed by atoms with van der Waals surface area (Å²) >= 11 is 0. The van der Waals surface area contributed by atoms with Gasteiger partial charge in [0.05, 0.1) is 18.8 Å². The first-order chi connectivity index (χ1) is 21.8. The number of aromatic nitrogens is 1. The van der Waals surface area contributed by atoms with Crippen molar-refractivity contribution in [2.45, 2.75) is 123 Å². The van der Waals surface area contributed by atoms with Gasteiger partial charge in [-0.3, -0.25) is 19.5 Å². The van der Waals surface area contributed by atoms with Gasteiger partial charge in [0.15, 0.2) is 0 Å². The van der Waals surface area contributed by atoms with Gasteiger partial charge in [0, 0.05) is 12.7 Å². The van der Waals surface area contributed by atoms with Crippen LogP contribution in [0.1, 0.15) is 97.2 Å². The van der Waals surface area contributed by atoms with Gasteiger partial charge in [-0.15, -0.1) is 6.58 Å². The molecule has 1 saturated carbocycles. The van der Waals surface area contributed by atoms with E-state index >= 15 is 0 Å². The molecule has 3 atom stereocenters. The fraction of sp³-hybridized carbons (Fsp3) is 0.636. The fourth-order valence-corrected chi connectivity index (χ4v) is 5.76. The number of ether oxygens (including phenoxy) is 1. The highest BCUT2D eigenvalue weighted by Crippen LogP contribution is 2.30. The van der Waals surface area contributed by atoms with Crippen molar-refractivity contribution >= 4 is 30.0 Å². The summed E-state index contributed by atoms with van der Waals surface area (Å²) < 4.78 is 5.38. The molecule has 4 amide bonds. The van der Waals surface area contributed by atoms with Crippen molar-refractivity contribution in [3.63, 3.8) is 0 Å². The Morgan fingerprint density at radius 3 is 2.28 bits per heavy atom. The first kappa shape index (κ1) is 38.0. The third-order valence-corrected chi connectivity index (χ3v) is 7.87. The number of fused-ring (bicyclic) bond motifs is 1. The van der Waals surface area contributed by atoms with Gasteiger partial charge < -0.3 is 30.5 Å². The van der Waals surface area contributed by atoms with Crippen LogP contribution in [0.3, 0.4) is 0 Å². The van der Waals surface area contributed by atoms with Crippen LogP contribution in [0.25, 0.3) is 0 Å². The number of aliphatic carboxylic acids is 1. The predicted octanol–water partition coefficient (Wildman–Crippen LogP) is 4.70. The number of rotatable bonds is 8. The summed E-state index contributed by atoms with van der Waals surface area (Å²) in [6.45, 7) is 14.1. The van der Waals surface area contributed by atoms with Gasteiger partial charge in [-0.1, -0.05) is 45.3 Å². The lowest BCUT2D eigenvalue weighted by Gasteiger charge is -2.35. The molecule has 1 saturated heterocycles. The SMILES string of the molecule is C=CCC(NC(=O)C1CCCN1C(=O)C(NC(=O)OC(C)(C)C)C1CCCCC1)C(=O)O.CC.O=C(O)N1Cc2cccnc2C1. The number of nitrogens with one attached hydrogen (secondary N) is 2. The van der Waals surface area contributed by atoms with Crippen LogP contribution in [-0.4, -0.2) is 85.2 Å². The smallest absolute Gasteiger partial charge is 0.408 e. The molecule has 3 heterocycles. The summed E-state index contributed by atoms with van der Waals surface area (Å²) in [5.74, 6) is -1.98. The lowest BCUT2D eigenvalue weighted by Crippen LogP contribution is -2.57. The first-order valence-corrected chi connectivity index (χ1v) is 16.2.